The normalized spacial score (nSPS) is 13.9. The molecule has 1 atom stereocenters. The fraction of sp³-hybridized carbons (Fsp3) is 0.625. The number of methoxy groups -OCH3 is 1. The van der Waals surface area contributed by atoms with E-state index in [0.717, 1.165) is 6.26 Å². The molecule has 7 heteroatoms. The van der Waals surface area contributed by atoms with Gasteiger partial charge < -0.3 is 9.84 Å². The van der Waals surface area contributed by atoms with Crippen molar-refractivity contribution < 1.29 is 18.3 Å². The van der Waals surface area contributed by atoms with Crippen LogP contribution in [0.3, 0.4) is 0 Å². The lowest BCUT2D eigenvalue weighted by molar-refractivity contribution is 0.186. The summed E-state index contributed by atoms with van der Waals surface area (Å²) in [5, 5.41) is 13.6. The lowest BCUT2D eigenvalue weighted by Gasteiger charge is -2.11. The molecule has 0 spiro atoms. The monoisotopic (exact) mass is 234 g/mol. The predicted molar refractivity (Wildman–Crippen MR) is 54.4 cm³/mol. The van der Waals surface area contributed by atoms with Crippen LogP contribution in [0.15, 0.2) is 6.20 Å². The number of sulfone groups is 1. The van der Waals surface area contributed by atoms with E-state index in [9.17, 15) is 13.5 Å². The summed E-state index contributed by atoms with van der Waals surface area (Å²) in [5.74, 6) is 0.0387. The van der Waals surface area contributed by atoms with Crippen molar-refractivity contribution in [1.82, 2.24) is 9.78 Å². The highest BCUT2D eigenvalue weighted by Gasteiger charge is 2.22. The molecule has 0 saturated heterocycles. The van der Waals surface area contributed by atoms with Crippen molar-refractivity contribution >= 4 is 9.84 Å². The van der Waals surface area contributed by atoms with Crippen LogP contribution >= 0.6 is 0 Å². The second-order valence-electron chi connectivity index (χ2n) is 3.33. The molecule has 6 nitrogen and oxygen atoms in total. The lowest BCUT2D eigenvalue weighted by atomic mass is 10.2. The van der Waals surface area contributed by atoms with Crippen LogP contribution < -0.4 is 4.74 Å². The third kappa shape index (κ3) is 2.93. The highest BCUT2D eigenvalue weighted by Crippen LogP contribution is 2.24. The number of aliphatic hydroxyl groups is 1. The second kappa shape index (κ2) is 4.19. The minimum atomic E-state index is -3.24. The van der Waals surface area contributed by atoms with Crippen molar-refractivity contribution in [2.75, 3.05) is 19.1 Å². The summed E-state index contributed by atoms with van der Waals surface area (Å²) in [6.07, 6.45) is 1.38. The molecule has 0 aliphatic rings. The van der Waals surface area contributed by atoms with Gasteiger partial charge in [0.05, 0.1) is 19.1 Å². The van der Waals surface area contributed by atoms with E-state index < -0.39 is 15.9 Å². The first-order valence-electron chi connectivity index (χ1n) is 4.27. The first-order valence-corrected chi connectivity index (χ1v) is 6.33. The van der Waals surface area contributed by atoms with Crippen molar-refractivity contribution in [3.05, 3.63) is 11.9 Å². The maximum Gasteiger partial charge on any atom is 0.162 e. The maximum absolute atomic E-state index is 11.0. The van der Waals surface area contributed by atoms with E-state index in [-0.39, 0.29) is 5.75 Å². The molecule has 0 aromatic carbocycles. The molecule has 1 unspecified atom stereocenters. The number of ether oxygens (including phenoxy) is 1. The largest absolute Gasteiger partial charge is 0.493 e. The SMILES string of the molecule is COc1cnn(C)c1C(O)CS(C)(=O)=O. The Bertz CT molecular complexity index is 437. The lowest BCUT2D eigenvalue weighted by Crippen LogP contribution is -2.16. The molecule has 1 aromatic rings. The number of hydrogen-bond acceptors (Lipinski definition) is 5. The second-order valence-corrected chi connectivity index (χ2v) is 5.51. The van der Waals surface area contributed by atoms with Gasteiger partial charge in [-0.1, -0.05) is 0 Å². The summed E-state index contributed by atoms with van der Waals surface area (Å²) in [4.78, 5) is 0. The number of hydrogen-bond donors (Lipinski definition) is 1. The van der Waals surface area contributed by atoms with Crippen molar-refractivity contribution in [3.63, 3.8) is 0 Å². The van der Waals surface area contributed by atoms with Gasteiger partial charge in [0.25, 0.3) is 0 Å². The van der Waals surface area contributed by atoms with Gasteiger partial charge in [-0.3, -0.25) is 4.68 Å². The molecule has 0 saturated carbocycles. The molecule has 1 N–H and O–H groups in total. The van der Waals surface area contributed by atoms with E-state index in [2.05, 4.69) is 5.10 Å². The van der Waals surface area contributed by atoms with Gasteiger partial charge in [0.1, 0.15) is 21.6 Å². The molecule has 15 heavy (non-hydrogen) atoms. The first kappa shape index (κ1) is 12.0. The third-order valence-electron chi connectivity index (χ3n) is 1.95. The molecule has 0 aliphatic heterocycles. The predicted octanol–water partition coefficient (Wildman–Crippen LogP) is -0.493. The van der Waals surface area contributed by atoms with Crippen LogP contribution in [0.2, 0.25) is 0 Å². The number of aryl methyl sites for hydroxylation is 1. The van der Waals surface area contributed by atoms with Gasteiger partial charge in [-0.05, 0) is 0 Å². The molecular formula is C8H14N2O4S. The molecule has 1 aromatic heterocycles. The molecular weight excluding hydrogens is 220 g/mol. The Labute approximate surface area is 88.4 Å². The smallest absolute Gasteiger partial charge is 0.162 e. The number of nitrogens with zero attached hydrogens (tertiary/aromatic N) is 2. The maximum atomic E-state index is 11.0. The summed E-state index contributed by atoms with van der Waals surface area (Å²) in [5.41, 5.74) is 0.364. The zero-order valence-corrected chi connectivity index (χ0v) is 9.65. The molecule has 0 amide bonds. The van der Waals surface area contributed by atoms with Gasteiger partial charge in [0, 0.05) is 13.3 Å². The Balaban J connectivity index is 2.99. The highest BCUT2D eigenvalue weighted by molar-refractivity contribution is 7.90. The standard InChI is InChI=1S/C8H14N2O4S/c1-10-8(7(14-2)4-9-10)6(11)5-15(3,12)13/h4,6,11H,5H2,1-3H3. The molecule has 0 radical (unpaired) electrons. The molecule has 0 fully saturated rings. The molecule has 1 rings (SSSR count). The summed E-state index contributed by atoms with van der Waals surface area (Å²) < 4.78 is 28.4. The van der Waals surface area contributed by atoms with E-state index in [1.807, 2.05) is 0 Å². The number of rotatable bonds is 4. The first-order chi connectivity index (χ1) is 6.85. The summed E-state index contributed by atoms with van der Waals surface area (Å²) >= 11 is 0. The Morgan fingerprint density at radius 1 is 1.67 bits per heavy atom. The van der Waals surface area contributed by atoms with E-state index in [1.54, 1.807) is 7.05 Å². The summed E-state index contributed by atoms with van der Waals surface area (Å²) in [7, 11) is -0.185. The fourth-order valence-electron chi connectivity index (χ4n) is 1.33. The van der Waals surface area contributed by atoms with Crippen LogP contribution in [0.1, 0.15) is 11.8 Å². The van der Waals surface area contributed by atoms with E-state index >= 15 is 0 Å². The van der Waals surface area contributed by atoms with Gasteiger partial charge in [0.2, 0.25) is 0 Å². The summed E-state index contributed by atoms with van der Waals surface area (Å²) in [6.45, 7) is 0. The van der Waals surface area contributed by atoms with E-state index in [0.29, 0.717) is 11.4 Å². The van der Waals surface area contributed by atoms with Crippen LogP contribution in [0.4, 0.5) is 0 Å². The fourth-order valence-corrected chi connectivity index (χ4v) is 2.06. The topological polar surface area (TPSA) is 81.4 Å². The third-order valence-corrected chi connectivity index (χ3v) is 2.87. The van der Waals surface area contributed by atoms with Crippen molar-refractivity contribution in [2.24, 2.45) is 7.05 Å². The molecule has 0 aliphatic carbocycles. The quantitative estimate of drug-likeness (QED) is 0.760. The van der Waals surface area contributed by atoms with Crippen LogP contribution in [0.25, 0.3) is 0 Å². The Kier molecular flexibility index (Phi) is 3.35. The van der Waals surface area contributed by atoms with Crippen molar-refractivity contribution in [2.45, 2.75) is 6.10 Å². The van der Waals surface area contributed by atoms with Gasteiger partial charge in [-0.15, -0.1) is 0 Å². The summed E-state index contributed by atoms with van der Waals surface area (Å²) in [6, 6.07) is 0. The van der Waals surface area contributed by atoms with Crippen molar-refractivity contribution in [1.29, 1.82) is 0 Å². The number of aliphatic hydroxyl groups excluding tert-OH is 1. The zero-order chi connectivity index (χ0) is 11.6. The van der Waals surface area contributed by atoms with E-state index in [1.165, 1.54) is 18.0 Å². The Hall–Kier alpha value is -1.08. The number of aromatic nitrogens is 2. The molecule has 86 valence electrons. The average molecular weight is 234 g/mol. The van der Waals surface area contributed by atoms with Gasteiger partial charge >= 0.3 is 0 Å². The Morgan fingerprint density at radius 2 is 2.27 bits per heavy atom. The minimum absolute atomic E-state index is 0.344. The van der Waals surface area contributed by atoms with Crippen molar-refractivity contribution in [3.8, 4) is 5.75 Å². The minimum Gasteiger partial charge on any atom is -0.493 e. The molecule has 0 bridgehead atoms. The van der Waals surface area contributed by atoms with E-state index in [4.69, 9.17) is 4.74 Å². The van der Waals surface area contributed by atoms with Gasteiger partial charge in [-0.2, -0.15) is 5.10 Å². The Morgan fingerprint density at radius 3 is 2.73 bits per heavy atom. The van der Waals surface area contributed by atoms with Crippen LogP contribution in [0.5, 0.6) is 5.75 Å². The van der Waals surface area contributed by atoms with Gasteiger partial charge in [0.15, 0.2) is 5.75 Å². The average Bonchev–Trinajstić information content (AvgIpc) is 2.43. The van der Waals surface area contributed by atoms with Gasteiger partial charge in [-0.25, -0.2) is 8.42 Å². The van der Waals surface area contributed by atoms with Crippen LogP contribution in [0, 0.1) is 0 Å². The van der Waals surface area contributed by atoms with Crippen LogP contribution in [-0.4, -0.2) is 42.4 Å². The zero-order valence-electron chi connectivity index (χ0n) is 8.84. The van der Waals surface area contributed by atoms with Crippen LogP contribution in [-0.2, 0) is 16.9 Å². The highest BCUT2D eigenvalue weighted by atomic mass is 32.2. The molecule has 1 heterocycles.